The van der Waals surface area contributed by atoms with E-state index >= 15 is 0 Å². The van der Waals surface area contributed by atoms with Crippen molar-refractivity contribution in [2.75, 3.05) is 33.4 Å². The van der Waals surface area contributed by atoms with Gasteiger partial charge in [0, 0.05) is 13.1 Å². The van der Waals surface area contributed by atoms with E-state index in [0.29, 0.717) is 31.1 Å². The van der Waals surface area contributed by atoms with Crippen LogP contribution in [0.15, 0.2) is 48.5 Å². The Morgan fingerprint density at radius 1 is 1.07 bits per heavy atom. The van der Waals surface area contributed by atoms with Crippen LogP contribution in [0.5, 0.6) is 11.5 Å². The van der Waals surface area contributed by atoms with Gasteiger partial charge in [-0.15, -0.1) is 0 Å². The molecule has 0 aromatic heterocycles. The van der Waals surface area contributed by atoms with Crippen molar-refractivity contribution < 1.29 is 27.4 Å². The summed E-state index contributed by atoms with van der Waals surface area (Å²) in [7, 11) is 1.98. The van der Waals surface area contributed by atoms with Crippen LogP contribution < -0.4 is 9.47 Å². The molecule has 28 heavy (non-hydrogen) atoms. The molecule has 2 unspecified atom stereocenters. The molecule has 2 aromatic rings. The predicted molar refractivity (Wildman–Crippen MR) is 99.7 cm³/mol. The third kappa shape index (κ3) is 5.17. The number of alkyl halides is 3. The van der Waals surface area contributed by atoms with E-state index < -0.39 is 17.8 Å². The van der Waals surface area contributed by atoms with Crippen molar-refractivity contribution in [3.8, 4) is 11.5 Å². The van der Waals surface area contributed by atoms with Gasteiger partial charge in [-0.25, -0.2) is 0 Å². The molecule has 2 aromatic carbocycles. The molecule has 1 saturated heterocycles. The van der Waals surface area contributed by atoms with Gasteiger partial charge in [-0.2, -0.15) is 13.2 Å². The molecule has 3 rings (SSSR count). The van der Waals surface area contributed by atoms with E-state index in [2.05, 4.69) is 4.90 Å². The van der Waals surface area contributed by atoms with Gasteiger partial charge < -0.3 is 19.1 Å². The molecule has 0 bridgehead atoms. The summed E-state index contributed by atoms with van der Waals surface area (Å²) in [6, 6.07) is 12.3. The lowest BCUT2D eigenvalue weighted by atomic mass is 10.0. The number of halogens is 3. The van der Waals surface area contributed by atoms with Gasteiger partial charge in [-0.05, 0) is 55.9 Å². The molecule has 0 amide bonds. The van der Waals surface area contributed by atoms with Gasteiger partial charge >= 0.3 is 6.18 Å². The Morgan fingerprint density at radius 2 is 1.71 bits per heavy atom. The number of benzene rings is 2. The SMILES string of the molecule is CCOc1ccc(OC(c2ccc(C(F)(F)F)cc2)C2CN(C)CCO2)cc1. The highest BCUT2D eigenvalue weighted by molar-refractivity contribution is 5.33. The van der Waals surface area contributed by atoms with Crippen LogP contribution in [0, 0.1) is 0 Å². The molecule has 1 heterocycles. The summed E-state index contributed by atoms with van der Waals surface area (Å²) in [5, 5.41) is 0. The van der Waals surface area contributed by atoms with Crippen molar-refractivity contribution >= 4 is 0 Å². The van der Waals surface area contributed by atoms with Crippen molar-refractivity contribution in [2.24, 2.45) is 0 Å². The molecule has 152 valence electrons. The molecular weight excluding hydrogens is 371 g/mol. The number of ether oxygens (including phenoxy) is 3. The molecule has 0 saturated carbocycles. The van der Waals surface area contributed by atoms with E-state index in [-0.39, 0.29) is 6.10 Å². The van der Waals surface area contributed by atoms with Crippen LogP contribution in [0.1, 0.15) is 24.2 Å². The van der Waals surface area contributed by atoms with E-state index in [9.17, 15) is 13.2 Å². The quantitative estimate of drug-likeness (QED) is 0.718. The van der Waals surface area contributed by atoms with E-state index in [0.717, 1.165) is 24.4 Å². The number of hydrogen-bond acceptors (Lipinski definition) is 4. The molecule has 0 aliphatic carbocycles. The van der Waals surface area contributed by atoms with Crippen LogP contribution in [0.3, 0.4) is 0 Å². The van der Waals surface area contributed by atoms with E-state index in [1.165, 1.54) is 12.1 Å². The maximum absolute atomic E-state index is 12.9. The summed E-state index contributed by atoms with van der Waals surface area (Å²) in [6.07, 6.45) is -5.18. The third-order valence-corrected chi connectivity index (χ3v) is 4.60. The Hall–Kier alpha value is -2.25. The number of likely N-dealkylation sites (N-methyl/N-ethyl adjacent to an activating group) is 1. The fraction of sp³-hybridized carbons (Fsp3) is 0.429. The zero-order valence-corrected chi connectivity index (χ0v) is 15.9. The highest BCUT2D eigenvalue weighted by atomic mass is 19.4. The highest BCUT2D eigenvalue weighted by Crippen LogP contribution is 2.33. The number of hydrogen-bond donors (Lipinski definition) is 0. The second-order valence-electron chi connectivity index (χ2n) is 6.73. The van der Waals surface area contributed by atoms with Crippen molar-refractivity contribution in [3.63, 3.8) is 0 Å². The molecule has 0 radical (unpaired) electrons. The Balaban J connectivity index is 1.84. The monoisotopic (exact) mass is 395 g/mol. The van der Waals surface area contributed by atoms with Crippen molar-refractivity contribution in [2.45, 2.75) is 25.3 Å². The largest absolute Gasteiger partial charge is 0.494 e. The lowest BCUT2D eigenvalue weighted by Gasteiger charge is -2.35. The van der Waals surface area contributed by atoms with Crippen LogP contribution in [0.4, 0.5) is 13.2 Å². The first-order valence-corrected chi connectivity index (χ1v) is 9.23. The van der Waals surface area contributed by atoms with Gasteiger partial charge in [-0.3, -0.25) is 0 Å². The van der Waals surface area contributed by atoms with E-state index in [4.69, 9.17) is 14.2 Å². The summed E-state index contributed by atoms with van der Waals surface area (Å²) < 4.78 is 56.2. The van der Waals surface area contributed by atoms with Crippen LogP contribution in [0.25, 0.3) is 0 Å². The third-order valence-electron chi connectivity index (χ3n) is 4.60. The van der Waals surface area contributed by atoms with Crippen LogP contribution in [-0.2, 0) is 10.9 Å². The van der Waals surface area contributed by atoms with Crippen LogP contribution in [-0.4, -0.2) is 44.4 Å². The molecule has 0 N–H and O–H groups in total. The Bertz CT molecular complexity index is 747. The van der Waals surface area contributed by atoms with Crippen LogP contribution in [0.2, 0.25) is 0 Å². The number of rotatable bonds is 6. The van der Waals surface area contributed by atoms with Crippen LogP contribution >= 0.6 is 0 Å². The maximum Gasteiger partial charge on any atom is 0.416 e. The van der Waals surface area contributed by atoms with E-state index in [1.807, 2.05) is 14.0 Å². The fourth-order valence-corrected chi connectivity index (χ4v) is 3.14. The van der Waals surface area contributed by atoms with Gasteiger partial charge in [0.2, 0.25) is 0 Å². The summed E-state index contributed by atoms with van der Waals surface area (Å²) in [5.74, 6) is 1.33. The molecule has 1 aliphatic heterocycles. The van der Waals surface area contributed by atoms with Gasteiger partial charge in [-0.1, -0.05) is 12.1 Å². The molecule has 1 fully saturated rings. The van der Waals surface area contributed by atoms with Gasteiger partial charge in [0.1, 0.15) is 17.6 Å². The zero-order valence-electron chi connectivity index (χ0n) is 15.9. The average Bonchev–Trinajstić information content (AvgIpc) is 2.67. The Kier molecular flexibility index (Phi) is 6.46. The number of morpholine rings is 1. The average molecular weight is 395 g/mol. The maximum atomic E-state index is 12.9. The number of nitrogens with zero attached hydrogens (tertiary/aromatic N) is 1. The molecular formula is C21H24F3NO3. The summed E-state index contributed by atoms with van der Waals surface area (Å²) in [6.45, 7) is 4.45. The topological polar surface area (TPSA) is 30.9 Å². The zero-order chi connectivity index (χ0) is 20.1. The minimum absolute atomic E-state index is 0.290. The molecule has 7 heteroatoms. The lowest BCUT2D eigenvalue weighted by Crippen LogP contribution is -2.44. The van der Waals surface area contributed by atoms with Gasteiger partial charge in [0.15, 0.2) is 6.10 Å². The second-order valence-corrected chi connectivity index (χ2v) is 6.73. The summed E-state index contributed by atoms with van der Waals surface area (Å²) in [4.78, 5) is 2.12. The first-order chi connectivity index (χ1) is 13.4. The highest BCUT2D eigenvalue weighted by Gasteiger charge is 2.33. The first kappa shape index (κ1) is 20.5. The standard InChI is InChI=1S/C21H24F3NO3/c1-3-26-17-8-10-18(11-9-17)28-20(19-14-25(2)12-13-27-19)15-4-6-16(7-5-15)21(22,23)24/h4-11,19-20H,3,12-14H2,1-2H3. The smallest absolute Gasteiger partial charge is 0.416 e. The van der Waals surface area contributed by atoms with E-state index in [1.54, 1.807) is 24.3 Å². The predicted octanol–water partition coefficient (Wildman–Crippen LogP) is 4.55. The molecule has 0 spiro atoms. The minimum atomic E-state index is -4.37. The van der Waals surface area contributed by atoms with Gasteiger partial charge in [0.25, 0.3) is 0 Å². The lowest BCUT2D eigenvalue weighted by molar-refractivity contribution is -0.137. The van der Waals surface area contributed by atoms with Gasteiger partial charge in [0.05, 0.1) is 18.8 Å². The minimum Gasteiger partial charge on any atom is -0.494 e. The molecule has 2 atom stereocenters. The normalized spacial score (nSPS) is 19.2. The molecule has 1 aliphatic rings. The molecule has 4 nitrogen and oxygen atoms in total. The van der Waals surface area contributed by atoms with Crippen molar-refractivity contribution in [1.82, 2.24) is 4.90 Å². The van der Waals surface area contributed by atoms with Crippen molar-refractivity contribution in [3.05, 3.63) is 59.7 Å². The summed E-state index contributed by atoms with van der Waals surface area (Å²) >= 11 is 0. The Morgan fingerprint density at radius 3 is 2.29 bits per heavy atom. The second kappa shape index (κ2) is 8.84. The Labute approximate surface area is 162 Å². The fourth-order valence-electron chi connectivity index (χ4n) is 3.14. The first-order valence-electron chi connectivity index (χ1n) is 9.23. The van der Waals surface area contributed by atoms with Crippen molar-refractivity contribution in [1.29, 1.82) is 0 Å². The summed E-state index contributed by atoms with van der Waals surface area (Å²) in [5.41, 5.74) is -0.0417.